The van der Waals surface area contributed by atoms with Gasteiger partial charge < -0.3 is 10.1 Å². The van der Waals surface area contributed by atoms with Crippen molar-refractivity contribution in [1.29, 1.82) is 0 Å². The van der Waals surface area contributed by atoms with Gasteiger partial charge in [0.2, 0.25) is 5.91 Å². The second-order valence-corrected chi connectivity index (χ2v) is 6.95. The normalized spacial score (nSPS) is 15.0. The average molecular weight is 364 g/mol. The number of hydrogen-bond donors (Lipinski definition) is 1. The Hall–Kier alpha value is -2.59. The maximum absolute atomic E-state index is 12.1. The minimum absolute atomic E-state index is 0.113. The Morgan fingerprint density at radius 2 is 1.74 bits per heavy atom. The molecule has 0 radical (unpaired) electrons. The van der Waals surface area contributed by atoms with Crippen molar-refractivity contribution in [3.05, 3.63) is 71.3 Å². The topological polar surface area (TPSA) is 41.6 Å². The van der Waals surface area contributed by atoms with Crippen LogP contribution in [-0.4, -0.2) is 31.0 Å². The Kier molecular flexibility index (Phi) is 7.05. The molecule has 0 aromatic heterocycles. The molecule has 1 aliphatic heterocycles. The smallest absolute Gasteiger partial charge is 0.244 e. The number of methoxy groups -OCH3 is 1. The summed E-state index contributed by atoms with van der Waals surface area (Å²) in [5.41, 5.74) is 3.33. The predicted molar refractivity (Wildman–Crippen MR) is 109 cm³/mol. The standard InChI is InChI=1S/C23H28N2O2/c1-27-22-8-4-3-7-21(22)13-14-23(26)24-17-19-9-11-20(12-10-19)18-25-15-5-2-6-16-25/h3-4,7-14H,2,5-6,15-18H2,1H3,(H,24,26)/b14-13+. The van der Waals surface area contributed by atoms with Crippen LogP contribution < -0.4 is 10.1 Å². The fraction of sp³-hybridized carbons (Fsp3) is 0.348. The SMILES string of the molecule is COc1ccccc1/C=C/C(=O)NCc1ccc(CN2CCCCC2)cc1. The number of para-hydroxylation sites is 1. The number of benzene rings is 2. The fourth-order valence-corrected chi connectivity index (χ4v) is 3.36. The van der Waals surface area contributed by atoms with E-state index in [1.807, 2.05) is 24.3 Å². The molecule has 0 bridgehead atoms. The highest BCUT2D eigenvalue weighted by Gasteiger charge is 2.10. The lowest BCUT2D eigenvalue weighted by Gasteiger charge is -2.26. The Bertz CT molecular complexity index is 762. The Morgan fingerprint density at radius 3 is 2.48 bits per heavy atom. The van der Waals surface area contributed by atoms with Crippen molar-refractivity contribution < 1.29 is 9.53 Å². The van der Waals surface area contributed by atoms with Crippen LogP contribution in [-0.2, 0) is 17.9 Å². The largest absolute Gasteiger partial charge is 0.496 e. The van der Waals surface area contributed by atoms with E-state index < -0.39 is 0 Å². The first-order valence-electron chi connectivity index (χ1n) is 9.64. The molecule has 0 spiro atoms. The number of amides is 1. The molecule has 4 heteroatoms. The quantitative estimate of drug-likeness (QED) is 0.755. The van der Waals surface area contributed by atoms with Crippen LogP contribution in [0.3, 0.4) is 0 Å². The molecule has 0 saturated carbocycles. The van der Waals surface area contributed by atoms with Crippen LogP contribution in [0.5, 0.6) is 5.75 Å². The molecule has 1 N–H and O–H groups in total. The van der Waals surface area contributed by atoms with Crippen molar-refractivity contribution in [2.45, 2.75) is 32.4 Å². The van der Waals surface area contributed by atoms with Crippen LogP contribution in [0.15, 0.2) is 54.6 Å². The molecule has 1 heterocycles. The van der Waals surface area contributed by atoms with Gasteiger partial charge in [-0.05, 0) is 49.2 Å². The summed E-state index contributed by atoms with van der Waals surface area (Å²) in [6, 6.07) is 16.2. The summed E-state index contributed by atoms with van der Waals surface area (Å²) in [5, 5.41) is 2.93. The maximum Gasteiger partial charge on any atom is 0.244 e. The minimum Gasteiger partial charge on any atom is -0.496 e. The second-order valence-electron chi connectivity index (χ2n) is 6.95. The van der Waals surface area contributed by atoms with Gasteiger partial charge in [0.05, 0.1) is 7.11 Å². The molecule has 27 heavy (non-hydrogen) atoms. The number of ether oxygens (including phenoxy) is 1. The zero-order valence-electron chi connectivity index (χ0n) is 16.0. The zero-order chi connectivity index (χ0) is 18.9. The van der Waals surface area contributed by atoms with Crippen LogP contribution in [0.25, 0.3) is 6.08 Å². The highest BCUT2D eigenvalue weighted by molar-refractivity contribution is 5.92. The van der Waals surface area contributed by atoms with Crippen LogP contribution in [0.2, 0.25) is 0 Å². The van der Waals surface area contributed by atoms with E-state index in [1.165, 1.54) is 37.9 Å². The van der Waals surface area contributed by atoms with Crippen molar-refractivity contribution >= 4 is 12.0 Å². The van der Waals surface area contributed by atoms with E-state index in [4.69, 9.17) is 4.74 Å². The number of carbonyl (C=O) groups excluding carboxylic acids is 1. The summed E-state index contributed by atoms with van der Waals surface area (Å²) in [6.45, 7) is 3.96. The molecule has 1 amide bonds. The average Bonchev–Trinajstić information content (AvgIpc) is 2.72. The summed E-state index contributed by atoms with van der Waals surface area (Å²) in [7, 11) is 1.63. The van der Waals surface area contributed by atoms with Gasteiger partial charge in [0.25, 0.3) is 0 Å². The number of nitrogens with zero attached hydrogens (tertiary/aromatic N) is 1. The number of likely N-dealkylation sites (tertiary alicyclic amines) is 1. The van der Waals surface area contributed by atoms with Gasteiger partial charge in [-0.2, -0.15) is 0 Å². The highest BCUT2D eigenvalue weighted by Crippen LogP contribution is 2.18. The molecule has 0 unspecified atom stereocenters. The fourth-order valence-electron chi connectivity index (χ4n) is 3.36. The molecule has 1 fully saturated rings. The van der Waals surface area contributed by atoms with Gasteiger partial charge in [-0.1, -0.05) is 48.9 Å². The lowest BCUT2D eigenvalue weighted by atomic mass is 10.1. The molecule has 4 nitrogen and oxygen atoms in total. The third-order valence-electron chi connectivity index (χ3n) is 4.90. The summed E-state index contributed by atoms with van der Waals surface area (Å²) in [4.78, 5) is 14.6. The summed E-state index contributed by atoms with van der Waals surface area (Å²) < 4.78 is 5.29. The van der Waals surface area contributed by atoms with Gasteiger partial charge in [-0.15, -0.1) is 0 Å². The van der Waals surface area contributed by atoms with Crippen LogP contribution in [0, 0.1) is 0 Å². The van der Waals surface area contributed by atoms with Crippen molar-refractivity contribution in [2.75, 3.05) is 20.2 Å². The van der Waals surface area contributed by atoms with Crippen molar-refractivity contribution in [2.24, 2.45) is 0 Å². The summed E-state index contributed by atoms with van der Waals surface area (Å²) >= 11 is 0. The summed E-state index contributed by atoms with van der Waals surface area (Å²) in [5.74, 6) is 0.643. The molecule has 2 aromatic rings. The third kappa shape index (κ3) is 5.97. The van der Waals surface area contributed by atoms with E-state index in [2.05, 4.69) is 34.5 Å². The second kappa shape index (κ2) is 9.93. The number of carbonyl (C=O) groups is 1. The molecule has 2 aromatic carbocycles. The molecule has 3 rings (SSSR count). The first-order chi connectivity index (χ1) is 13.2. The van der Waals surface area contributed by atoms with Crippen LogP contribution in [0.4, 0.5) is 0 Å². The molecule has 142 valence electrons. The van der Waals surface area contributed by atoms with E-state index in [9.17, 15) is 4.79 Å². The predicted octanol–water partition coefficient (Wildman–Crippen LogP) is 4.01. The molecule has 0 atom stereocenters. The van der Waals surface area contributed by atoms with Gasteiger partial charge in [0, 0.05) is 24.7 Å². The van der Waals surface area contributed by atoms with Gasteiger partial charge in [-0.3, -0.25) is 9.69 Å². The Labute approximate surface area is 161 Å². The van der Waals surface area contributed by atoms with Crippen LogP contribution in [0.1, 0.15) is 36.0 Å². The van der Waals surface area contributed by atoms with Crippen LogP contribution >= 0.6 is 0 Å². The minimum atomic E-state index is -0.113. The number of rotatable bonds is 7. The first kappa shape index (κ1) is 19.2. The first-order valence-corrected chi connectivity index (χ1v) is 9.64. The highest BCUT2D eigenvalue weighted by atomic mass is 16.5. The van der Waals surface area contributed by atoms with Gasteiger partial charge >= 0.3 is 0 Å². The van der Waals surface area contributed by atoms with Gasteiger partial charge in [0.1, 0.15) is 5.75 Å². The van der Waals surface area contributed by atoms with Gasteiger partial charge in [-0.25, -0.2) is 0 Å². The third-order valence-corrected chi connectivity index (χ3v) is 4.90. The number of piperidine rings is 1. The number of nitrogens with one attached hydrogen (secondary N) is 1. The molecule has 0 aliphatic carbocycles. The Balaban J connectivity index is 1.47. The van der Waals surface area contributed by atoms with Crippen molar-refractivity contribution in [1.82, 2.24) is 10.2 Å². The maximum atomic E-state index is 12.1. The van der Waals surface area contributed by atoms with E-state index >= 15 is 0 Å². The number of hydrogen-bond acceptors (Lipinski definition) is 3. The van der Waals surface area contributed by atoms with Crippen molar-refractivity contribution in [3.8, 4) is 5.75 Å². The van der Waals surface area contributed by atoms with Crippen molar-refractivity contribution in [3.63, 3.8) is 0 Å². The lowest BCUT2D eigenvalue weighted by Crippen LogP contribution is -2.29. The molecule has 1 aliphatic rings. The summed E-state index contributed by atoms with van der Waals surface area (Å²) in [6.07, 6.45) is 7.30. The zero-order valence-corrected chi connectivity index (χ0v) is 16.0. The van der Waals surface area contributed by atoms with Gasteiger partial charge in [0.15, 0.2) is 0 Å². The monoisotopic (exact) mass is 364 g/mol. The molecule has 1 saturated heterocycles. The Morgan fingerprint density at radius 1 is 1.04 bits per heavy atom. The molecular formula is C23H28N2O2. The molecular weight excluding hydrogens is 336 g/mol. The van der Waals surface area contributed by atoms with E-state index in [1.54, 1.807) is 19.3 Å². The van der Waals surface area contributed by atoms with E-state index in [-0.39, 0.29) is 5.91 Å². The van der Waals surface area contributed by atoms with E-state index in [0.29, 0.717) is 6.54 Å². The van der Waals surface area contributed by atoms with E-state index in [0.717, 1.165) is 23.4 Å². The lowest BCUT2D eigenvalue weighted by molar-refractivity contribution is -0.116.